The molecule has 3 aromatic rings. The second kappa shape index (κ2) is 10.7. The number of para-hydroxylation sites is 1. The topological polar surface area (TPSA) is 34.0 Å². The summed E-state index contributed by atoms with van der Waals surface area (Å²) in [5, 5.41) is 1.18. The first-order valence-corrected chi connectivity index (χ1v) is 12.1. The molecular formula is C28H36N4. The highest BCUT2D eigenvalue weighted by Crippen LogP contribution is 2.25. The van der Waals surface area contributed by atoms with Gasteiger partial charge in [-0.3, -0.25) is 9.88 Å². The first-order valence-electron chi connectivity index (χ1n) is 12.1. The Labute approximate surface area is 192 Å². The molecule has 1 aliphatic carbocycles. The minimum absolute atomic E-state index is 0.487. The van der Waals surface area contributed by atoms with Gasteiger partial charge in [0.2, 0.25) is 0 Å². The maximum Gasteiger partial charge on any atom is 0.123 e. The van der Waals surface area contributed by atoms with Gasteiger partial charge < -0.3 is 4.57 Å². The molecule has 0 saturated heterocycles. The second-order valence-electron chi connectivity index (χ2n) is 9.24. The molecule has 4 heteroatoms. The van der Waals surface area contributed by atoms with Crippen molar-refractivity contribution in [1.29, 1.82) is 0 Å². The van der Waals surface area contributed by atoms with Crippen molar-refractivity contribution in [3.63, 3.8) is 0 Å². The van der Waals surface area contributed by atoms with Crippen molar-refractivity contribution in [1.82, 2.24) is 19.4 Å². The lowest BCUT2D eigenvalue weighted by Crippen LogP contribution is -2.41. The van der Waals surface area contributed by atoms with E-state index >= 15 is 0 Å². The van der Waals surface area contributed by atoms with E-state index in [9.17, 15) is 0 Å². The van der Waals surface area contributed by atoms with Crippen LogP contribution in [-0.4, -0.2) is 31.5 Å². The van der Waals surface area contributed by atoms with Crippen LogP contribution in [0.2, 0.25) is 0 Å². The number of fused-ring (bicyclic) bond motifs is 1. The Hall–Kier alpha value is -2.72. The largest absolute Gasteiger partial charge is 0.329 e. The third kappa shape index (κ3) is 5.74. The fraction of sp³-hybridized carbons (Fsp3) is 0.429. The van der Waals surface area contributed by atoms with Crippen LogP contribution in [0.15, 0.2) is 66.9 Å². The average Bonchev–Trinajstić information content (AvgIpc) is 2.88. The Morgan fingerprint density at radius 3 is 2.50 bits per heavy atom. The Kier molecular flexibility index (Phi) is 7.54. The lowest BCUT2D eigenvalue weighted by Gasteiger charge is -2.37. The maximum atomic E-state index is 5.08. The Morgan fingerprint density at radius 2 is 1.69 bits per heavy atom. The van der Waals surface area contributed by atoms with Crippen LogP contribution in [-0.2, 0) is 13.1 Å². The lowest BCUT2D eigenvalue weighted by molar-refractivity contribution is 0.107. The number of nitrogens with zero attached hydrogens (tertiary/aromatic N) is 4. The molecule has 0 atom stereocenters. The van der Waals surface area contributed by atoms with E-state index in [0.717, 1.165) is 29.3 Å². The molecule has 1 saturated carbocycles. The van der Waals surface area contributed by atoms with Crippen molar-refractivity contribution in [2.45, 2.75) is 78.0 Å². The first kappa shape index (κ1) is 22.5. The van der Waals surface area contributed by atoms with Gasteiger partial charge in [0.1, 0.15) is 5.82 Å². The summed E-state index contributed by atoms with van der Waals surface area (Å²) in [5.41, 5.74) is 3.13. The smallest absolute Gasteiger partial charge is 0.123 e. The number of rotatable bonds is 6. The van der Waals surface area contributed by atoms with E-state index in [0.29, 0.717) is 18.6 Å². The molecule has 0 spiro atoms. The average molecular weight is 429 g/mol. The summed E-state index contributed by atoms with van der Waals surface area (Å²) >= 11 is 0. The summed E-state index contributed by atoms with van der Waals surface area (Å²) < 4.78 is 2.28. The quantitative estimate of drug-likeness (QED) is 0.452. The molecule has 168 valence electrons. The van der Waals surface area contributed by atoms with Gasteiger partial charge in [-0.1, -0.05) is 55.7 Å². The molecule has 1 aromatic carbocycles. The van der Waals surface area contributed by atoms with Crippen molar-refractivity contribution in [3.8, 4) is 0 Å². The molecule has 1 fully saturated rings. The van der Waals surface area contributed by atoms with Crippen LogP contribution in [0.1, 0.15) is 63.2 Å². The van der Waals surface area contributed by atoms with Crippen LogP contribution < -0.4 is 0 Å². The molecule has 1 aliphatic rings. The van der Waals surface area contributed by atoms with Crippen molar-refractivity contribution in [2.75, 3.05) is 0 Å². The summed E-state index contributed by atoms with van der Waals surface area (Å²) in [6, 6.07) is 22.1. The van der Waals surface area contributed by atoms with E-state index < -0.39 is 0 Å². The normalized spacial score (nSPS) is 14.8. The molecule has 2 heterocycles. The van der Waals surface area contributed by atoms with Crippen molar-refractivity contribution >= 4 is 10.9 Å². The van der Waals surface area contributed by atoms with Crippen LogP contribution in [0.5, 0.6) is 0 Å². The third-order valence-electron chi connectivity index (χ3n) is 6.48. The van der Waals surface area contributed by atoms with Crippen LogP contribution in [0, 0.1) is 6.92 Å². The molecule has 0 N–H and O–H groups in total. The van der Waals surface area contributed by atoms with E-state index in [4.69, 9.17) is 9.97 Å². The van der Waals surface area contributed by atoms with Crippen molar-refractivity contribution in [2.24, 2.45) is 0 Å². The fourth-order valence-electron chi connectivity index (χ4n) is 4.75. The molecule has 2 aromatic heterocycles. The molecule has 0 radical (unpaired) electrons. The molecular weight excluding hydrogens is 392 g/mol. The predicted molar refractivity (Wildman–Crippen MR) is 133 cm³/mol. The highest BCUT2D eigenvalue weighted by molar-refractivity contribution is 5.78. The first-order chi connectivity index (χ1) is 15.6. The summed E-state index contributed by atoms with van der Waals surface area (Å²) in [7, 11) is 0. The van der Waals surface area contributed by atoms with Gasteiger partial charge in [-0.15, -0.1) is 0 Å². The molecule has 0 amide bonds. The minimum atomic E-state index is 0.487. The van der Waals surface area contributed by atoms with Crippen LogP contribution in [0.4, 0.5) is 0 Å². The van der Waals surface area contributed by atoms with E-state index in [-0.39, 0.29) is 0 Å². The molecule has 32 heavy (non-hydrogen) atoms. The van der Waals surface area contributed by atoms with E-state index in [1.807, 2.05) is 0 Å². The van der Waals surface area contributed by atoms with Gasteiger partial charge in [0.25, 0.3) is 0 Å². The van der Waals surface area contributed by atoms with Gasteiger partial charge >= 0.3 is 0 Å². The Bertz CT molecular complexity index is 1080. The number of aryl methyl sites for hydroxylation is 1. The standard InChI is InChI=1S/C28H36N4/c1-22(2)32(26-14-7-4-8-15-26)21-28-29-23(3)12-6-5-11-19-31(28)20-25-18-17-24-13-9-10-16-27(24)30-25/h5-6,9-13,16-19,22,26H,4,7-8,14-15,20-21H2,1-3H3. The van der Waals surface area contributed by atoms with Gasteiger partial charge in [0.05, 0.1) is 24.3 Å². The summed E-state index contributed by atoms with van der Waals surface area (Å²) in [6.07, 6.45) is 8.80. The lowest BCUT2D eigenvalue weighted by atomic mass is 9.93. The third-order valence-corrected chi connectivity index (χ3v) is 6.48. The highest BCUT2D eigenvalue weighted by atomic mass is 15.2. The second-order valence-corrected chi connectivity index (χ2v) is 9.24. The van der Waals surface area contributed by atoms with E-state index in [2.05, 4.69) is 97.1 Å². The summed E-state index contributed by atoms with van der Waals surface area (Å²) in [6.45, 7) is 8.28. The summed E-state index contributed by atoms with van der Waals surface area (Å²) in [4.78, 5) is 12.7. The van der Waals surface area contributed by atoms with Crippen LogP contribution in [0.3, 0.4) is 0 Å². The predicted octanol–water partition coefficient (Wildman–Crippen LogP) is 6.46. The molecule has 0 unspecified atom stereocenters. The van der Waals surface area contributed by atoms with E-state index in [1.165, 1.54) is 37.5 Å². The van der Waals surface area contributed by atoms with Gasteiger partial charge in [0, 0.05) is 29.4 Å². The Morgan fingerprint density at radius 1 is 0.906 bits per heavy atom. The molecule has 0 aliphatic heterocycles. The van der Waals surface area contributed by atoms with Crippen molar-refractivity contribution < 1.29 is 0 Å². The molecule has 4 rings (SSSR count). The number of hydrogen-bond acceptors (Lipinski definition) is 3. The van der Waals surface area contributed by atoms with Gasteiger partial charge in [-0.05, 0) is 57.9 Å². The minimum Gasteiger partial charge on any atom is -0.329 e. The monoisotopic (exact) mass is 428 g/mol. The zero-order valence-corrected chi connectivity index (χ0v) is 19.7. The number of benzene rings is 1. The summed E-state index contributed by atoms with van der Waals surface area (Å²) in [5.74, 6) is 1.09. The van der Waals surface area contributed by atoms with E-state index in [1.54, 1.807) is 0 Å². The van der Waals surface area contributed by atoms with Gasteiger partial charge in [-0.2, -0.15) is 0 Å². The fourth-order valence-corrected chi connectivity index (χ4v) is 4.75. The molecule has 0 bridgehead atoms. The number of pyridine rings is 1. The SMILES string of the molecule is Cc1cccccn(Cc2ccc3ccccc3n2)c(CN(C(C)C)C2CCCCC2)n1. The zero-order valence-electron chi connectivity index (χ0n) is 19.7. The zero-order chi connectivity index (χ0) is 22.3. The van der Waals surface area contributed by atoms with Crippen LogP contribution in [0.25, 0.3) is 10.9 Å². The maximum absolute atomic E-state index is 5.08. The van der Waals surface area contributed by atoms with Gasteiger partial charge in [-0.25, -0.2) is 4.98 Å². The highest BCUT2D eigenvalue weighted by Gasteiger charge is 2.24. The Balaban J connectivity index is 1.72. The van der Waals surface area contributed by atoms with Crippen molar-refractivity contribution in [3.05, 3.63) is 84.1 Å². The van der Waals surface area contributed by atoms with Crippen LogP contribution >= 0.6 is 0 Å². The van der Waals surface area contributed by atoms with Gasteiger partial charge in [0.15, 0.2) is 0 Å². The number of aromatic nitrogens is 3. The number of hydrogen-bond donors (Lipinski definition) is 0. The molecule has 4 nitrogen and oxygen atoms in total.